The molecule has 0 aliphatic heterocycles. The number of nitrogens with one attached hydrogen (secondary N) is 1. The number of nitrogens with two attached hydrogens (primary N) is 1. The lowest BCUT2D eigenvalue weighted by Crippen LogP contribution is -2.34. The Kier molecular flexibility index (Phi) is 6.54. The largest absolute Gasteiger partial charge is 0.480 e. The first-order chi connectivity index (χ1) is 9.41. The number of carbonyl (C=O) groups is 2. The lowest BCUT2D eigenvalue weighted by atomic mass is 10.0. The van der Waals surface area contributed by atoms with Crippen LogP contribution < -0.4 is 11.1 Å². The lowest BCUT2D eigenvalue weighted by Gasteiger charge is -2.16. The van der Waals surface area contributed by atoms with Crippen LogP contribution in [0.25, 0.3) is 0 Å². The van der Waals surface area contributed by atoms with Gasteiger partial charge in [-0.3, -0.25) is 9.59 Å². The van der Waals surface area contributed by atoms with Crippen LogP contribution in [0.4, 0.5) is 0 Å². The molecule has 4 N–H and O–H groups in total. The van der Waals surface area contributed by atoms with E-state index in [-0.39, 0.29) is 23.5 Å². The molecule has 0 saturated carbocycles. The van der Waals surface area contributed by atoms with Crippen molar-refractivity contribution >= 4 is 23.6 Å². The van der Waals surface area contributed by atoms with Crippen LogP contribution in [0.5, 0.6) is 0 Å². The molecule has 0 fully saturated rings. The molecule has 0 saturated heterocycles. The third-order valence-corrected chi connectivity index (χ3v) is 3.94. The van der Waals surface area contributed by atoms with Gasteiger partial charge in [0, 0.05) is 5.75 Å². The van der Waals surface area contributed by atoms with Gasteiger partial charge >= 0.3 is 5.97 Å². The topological polar surface area (TPSA) is 92.4 Å². The summed E-state index contributed by atoms with van der Waals surface area (Å²) in [4.78, 5) is 22.3. The van der Waals surface area contributed by atoms with Gasteiger partial charge in [0.2, 0.25) is 5.91 Å². The SMILES string of the molecule is Cc1ccccc1C(C)NC(=O)CSC[C@H](N)C(=O)O. The fourth-order valence-electron chi connectivity index (χ4n) is 1.78. The molecule has 0 heterocycles. The molecule has 1 aromatic carbocycles. The van der Waals surface area contributed by atoms with Gasteiger partial charge in [-0.15, -0.1) is 11.8 Å². The number of hydrogen-bond acceptors (Lipinski definition) is 4. The Labute approximate surface area is 122 Å². The standard InChI is InChI=1S/C14H20N2O3S/c1-9-5-3-4-6-11(9)10(2)16-13(17)8-20-7-12(15)14(18)19/h3-6,10,12H,7-8,15H2,1-2H3,(H,16,17)(H,18,19)/t10?,12-/m0/s1. The molecule has 0 radical (unpaired) electrons. The maximum Gasteiger partial charge on any atom is 0.321 e. The molecule has 20 heavy (non-hydrogen) atoms. The van der Waals surface area contributed by atoms with Crippen molar-refractivity contribution in [2.45, 2.75) is 25.9 Å². The predicted octanol–water partition coefficient (Wildman–Crippen LogP) is 1.32. The van der Waals surface area contributed by atoms with Gasteiger partial charge in [-0.25, -0.2) is 0 Å². The summed E-state index contributed by atoms with van der Waals surface area (Å²) in [5.74, 6) is -0.742. The monoisotopic (exact) mass is 296 g/mol. The molecule has 5 nitrogen and oxygen atoms in total. The van der Waals surface area contributed by atoms with E-state index in [1.807, 2.05) is 38.1 Å². The number of benzene rings is 1. The fraction of sp³-hybridized carbons (Fsp3) is 0.429. The number of carbonyl (C=O) groups excluding carboxylic acids is 1. The Bertz CT molecular complexity index is 479. The number of thioether (sulfide) groups is 1. The van der Waals surface area contributed by atoms with E-state index in [2.05, 4.69) is 5.32 Å². The predicted molar refractivity (Wildman–Crippen MR) is 80.7 cm³/mol. The molecular formula is C14H20N2O3S. The van der Waals surface area contributed by atoms with Crippen LogP contribution in [0.3, 0.4) is 0 Å². The summed E-state index contributed by atoms with van der Waals surface area (Å²) in [7, 11) is 0. The van der Waals surface area contributed by atoms with Crippen LogP contribution in [0, 0.1) is 6.92 Å². The summed E-state index contributed by atoms with van der Waals surface area (Å²) in [5.41, 5.74) is 7.57. The Hall–Kier alpha value is -1.53. The van der Waals surface area contributed by atoms with Gasteiger partial charge in [-0.1, -0.05) is 24.3 Å². The number of hydrogen-bond donors (Lipinski definition) is 3. The molecule has 1 rings (SSSR count). The molecule has 0 aliphatic rings. The third kappa shape index (κ3) is 5.22. The zero-order valence-electron chi connectivity index (χ0n) is 11.6. The molecule has 0 spiro atoms. The van der Waals surface area contributed by atoms with Crippen molar-refractivity contribution in [1.29, 1.82) is 0 Å². The highest BCUT2D eigenvalue weighted by Crippen LogP contribution is 2.16. The zero-order chi connectivity index (χ0) is 15.1. The molecule has 110 valence electrons. The minimum atomic E-state index is -1.05. The van der Waals surface area contributed by atoms with E-state index in [4.69, 9.17) is 10.8 Å². The Morgan fingerprint density at radius 1 is 1.40 bits per heavy atom. The summed E-state index contributed by atoms with van der Waals surface area (Å²) in [6.07, 6.45) is 0. The van der Waals surface area contributed by atoms with E-state index in [1.165, 1.54) is 11.8 Å². The number of aliphatic carboxylic acids is 1. The average Bonchev–Trinajstić information content (AvgIpc) is 2.38. The van der Waals surface area contributed by atoms with Gasteiger partial charge in [0.1, 0.15) is 6.04 Å². The lowest BCUT2D eigenvalue weighted by molar-refractivity contribution is -0.138. The molecule has 6 heteroatoms. The minimum absolute atomic E-state index is 0.0718. The van der Waals surface area contributed by atoms with Gasteiger partial charge in [0.25, 0.3) is 0 Å². The van der Waals surface area contributed by atoms with Crippen LogP contribution >= 0.6 is 11.8 Å². The van der Waals surface area contributed by atoms with Crippen molar-refractivity contribution in [3.05, 3.63) is 35.4 Å². The second kappa shape index (κ2) is 7.91. The molecule has 2 atom stereocenters. The first-order valence-electron chi connectivity index (χ1n) is 6.33. The molecule has 0 aliphatic carbocycles. The summed E-state index contributed by atoms with van der Waals surface area (Å²) < 4.78 is 0. The van der Waals surface area contributed by atoms with E-state index in [0.29, 0.717) is 0 Å². The second-order valence-corrected chi connectivity index (χ2v) is 5.64. The van der Waals surface area contributed by atoms with Gasteiger partial charge in [-0.2, -0.15) is 0 Å². The Morgan fingerprint density at radius 3 is 2.65 bits per heavy atom. The van der Waals surface area contributed by atoms with Crippen molar-refractivity contribution in [1.82, 2.24) is 5.32 Å². The maximum atomic E-state index is 11.8. The molecule has 1 amide bonds. The van der Waals surface area contributed by atoms with Crippen LogP contribution in [0.1, 0.15) is 24.1 Å². The number of carboxylic acid groups (broad SMARTS) is 1. The summed E-state index contributed by atoms with van der Waals surface area (Å²) >= 11 is 1.22. The van der Waals surface area contributed by atoms with Crippen LogP contribution in [0.15, 0.2) is 24.3 Å². The van der Waals surface area contributed by atoms with E-state index in [9.17, 15) is 9.59 Å². The molecule has 0 bridgehead atoms. The zero-order valence-corrected chi connectivity index (χ0v) is 12.4. The van der Waals surface area contributed by atoms with Crippen molar-refractivity contribution < 1.29 is 14.7 Å². The average molecular weight is 296 g/mol. The van der Waals surface area contributed by atoms with E-state index in [0.717, 1.165) is 11.1 Å². The van der Waals surface area contributed by atoms with E-state index in [1.54, 1.807) is 0 Å². The summed E-state index contributed by atoms with van der Waals surface area (Å²) in [6, 6.07) is 6.87. The normalized spacial score (nSPS) is 13.6. The minimum Gasteiger partial charge on any atom is -0.480 e. The van der Waals surface area contributed by atoms with Gasteiger partial charge in [-0.05, 0) is 25.0 Å². The number of amides is 1. The highest BCUT2D eigenvalue weighted by atomic mass is 32.2. The number of rotatable bonds is 7. The molecular weight excluding hydrogens is 276 g/mol. The molecule has 0 aromatic heterocycles. The van der Waals surface area contributed by atoms with Gasteiger partial charge < -0.3 is 16.2 Å². The maximum absolute atomic E-state index is 11.8. The summed E-state index contributed by atoms with van der Waals surface area (Å²) in [5, 5.41) is 11.5. The smallest absolute Gasteiger partial charge is 0.321 e. The van der Waals surface area contributed by atoms with Crippen LogP contribution in [-0.4, -0.2) is 34.5 Å². The Balaban J connectivity index is 2.39. The summed E-state index contributed by atoms with van der Waals surface area (Å²) in [6.45, 7) is 3.92. The van der Waals surface area contributed by atoms with Crippen LogP contribution in [-0.2, 0) is 9.59 Å². The van der Waals surface area contributed by atoms with E-state index >= 15 is 0 Å². The number of aryl methyl sites for hydroxylation is 1. The molecule has 1 unspecified atom stereocenters. The van der Waals surface area contributed by atoms with Crippen molar-refractivity contribution in [3.8, 4) is 0 Å². The first-order valence-corrected chi connectivity index (χ1v) is 7.48. The Morgan fingerprint density at radius 2 is 2.05 bits per heavy atom. The highest BCUT2D eigenvalue weighted by Gasteiger charge is 2.14. The van der Waals surface area contributed by atoms with Gasteiger partial charge in [0.15, 0.2) is 0 Å². The van der Waals surface area contributed by atoms with Crippen molar-refractivity contribution in [2.24, 2.45) is 5.73 Å². The fourth-order valence-corrected chi connectivity index (χ4v) is 2.57. The van der Waals surface area contributed by atoms with Gasteiger partial charge in [0.05, 0.1) is 11.8 Å². The molecule has 1 aromatic rings. The quantitative estimate of drug-likeness (QED) is 0.705. The van der Waals surface area contributed by atoms with Crippen molar-refractivity contribution in [3.63, 3.8) is 0 Å². The third-order valence-electron chi connectivity index (χ3n) is 2.88. The van der Waals surface area contributed by atoms with E-state index < -0.39 is 12.0 Å². The van der Waals surface area contributed by atoms with Crippen molar-refractivity contribution in [2.75, 3.05) is 11.5 Å². The van der Waals surface area contributed by atoms with Crippen LogP contribution in [0.2, 0.25) is 0 Å². The number of carboxylic acids is 1. The highest BCUT2D eigenvalue weighted by molar-refractivity contribution is 8.00. The second-order valence-electron chi connectivity index (χ2n) is 4.61. The first kappa shape index (κ1) is 16.5.